The van der Waals surface area contributed by atoms with Crippen molar-refractivity contribution in [3.63, 3.8) is 0 Å². The number of carboxylic acids is 1. The molecule has 1 unspecified atom stereocenters. The van der Waals surface area contributed by atoms with Gasteiger partial charge in [-0.1, -0.05) is 78.9 Å². The quantitative estimate of drug-likeness (QED) is 0.308. The molecule has 0 spiro atoms. The summed E-state index contributed by atoms with van der Waals surface area (Å²) in [5, 5.41) is 9.77. The van der Waals surface area contributed by atoms with Crippen molar-refractivity contribution in [2.24, 2.45) is 0 Å². The number of H-pyrrole nitrogens is 1. The molecule has 2 N–H and O–H groups in total. The zero-order valence-electron chi connectivity index (χ0n) is 20.5. The fraction of sp³-hybridized carbons (Fsp3) is 0.226. The molecule has 1 heterocycles. The average Bonchev–Trinajstić information content (AvgIpc) is 3.29. The highest BCUT2D eigenvalue weighted by molar-refractivity contribution is 5.75. The Labute approximate surface area is 215 Å². The molecule has 0 saturated carbocycles. The average molecular weight is 495 g/mol. The number of aryl methyl sites for hydroxylation is 1. The summed E-state index contributed by atoms with van der Waals surface area (Å²) in [5.74, 6) is -0.566. The van der Waals surface area contributed by atoms with Gasteiger partial charge < -0.3 is 14.8 Å². The molecule has 5 rings (SSSR count). The normalized spacial score (nSPS) is 14.0. The lowest BCUT2D eigenvalue weighted by Gasteiger charge is -2.21. The lowest BCUT2D eigenvalue weighted by molar-refractivity contribution is -0.142. The summed E-state index contributed by atoms with van der Waals surface area (Å²) in [6.07, 6.45) is 7.96. The van der Waals surface area contributed by atoms with Crippen molar-refractivity contribution < 1.29 is 14.6 Å². The van der Waals surface area contributed by atoms with E-state index in [2.05, 4.69) is 11.1 Å². The topological polar surface area (TPSA) is 84.3 Å². The van der Waals surface area contributed by atoms with Crippen LogP contribution in [0.4, 0.5) is 0 Å². The molecule has 3 aromatic carbocycles. The van der Waals surface area contributed by atoms with Gasteiger partial charge in [-0.2, -0.15) is 0 Å². The van der Waals surface area contributed by atoms with Crippen LogP contribution in [0, 0.1) is 0 Å². The number of nitrogens with one attached hydrogen (secondary N) is 1. The van der Waals surface area contributed by atoms with Crippen LogP contribution in [0.3, 0.4) is 0 Å². The van der Waals surface area contributed by atoms with Crippen LogP contribution in [-0.4, -0.2) is 26.7 Å². The fourth-order valence-corrected chi connectivity index (χ4v) is 5.04. The number of allylic oxidation sites excluding steroid dienone is 1. The van der Waals surface area contributed by atoms with E-state index in [1.807, 2.05) is 79.0 Å². The van der Waals surface area contributed by atoms with Gasteiger partial charge in [-0.25, -0.2) is 9.59 Å². The predicted molar refractivity (Wildman–Crippen MR) is 143 cm³/mol. The number of fused-ring (bicyclic) bond motifs is 1. The van der Waals surface area contributed by atoms with Gasteiger partial charge in [0.05, 0.1) is 5.92 Å². The van der Waals surface area contributed by atoms with Crippen LogP contribution in [0.5, 0.6) is 5.75 Å². The van der Waals surface area contributed by atoms with E-state index in [9.17, 15) is 14.7 Å². The van der Waals surface area contributed by atoms with Gasteiger partial charge in [0.1, 0.15) is 5.75 Å². The van der Waals surface area contributed by atoms with Crippen LogP contribution in [0.1, 0.15) is 46.7 Å². The molecule has 6 nitrogen and oxygen atoms in total. The Morgan fingerprint density at radius 2 is 1.62 bits per heavy atom. The first-order valence-corrected chi connectivity index (χ1v) is 12.7. The molecule has 0 saturated heterocycles. The summed E-state index contributed by atoms with van der Waals surface area (Å²) in [6.45, 7) is 0.228. The lowest BCUT2D eigenvalue weighted by atomic mass is 9.89. The Bertz CT molecular complexity index is 1400. The van der Waals surface area contributed by atoms with Crippen LogP contribution in [0.15, 0.2) is 102 Å². The lowest BCUT2D eigenvalue weighted by Crippen LogP contribution is -2.26. The van der Waals surface area contributed by atoms with Gasteiger partial charge >= 0.3 is 11.7 Å². The number of aromatic nitrogens is 2. The Balaban J connectivity index is 1.36. The van der Waals surface area contributed by atoms with Crippen molar-refractivity contribution in [3.8, 4) is 5.75 Å². The van der Waals surface area contributed by atoms with Crippen molar-refractivity contribution in [3.05, 3.63) is 136 Å². The minimum absolute atomic E-state index is 0.125. The minimum atomic E-state index is -1.14. The number of benzene rings is 3. The molecule has 0 fully saturated rings. The standard InChI is InChI=1S/C31H30N2O4/c34-30(35)28(37-27-18-9-16-22-11-7-8-17-25(22)27)19-10-20-33-21-26(32-31(33)36)29(23-12-3-1-4-13-23)24-14-5-2-6-15-24/h1-6,9-10,12-16,18-19,21,28-29H,7-8,11,17,20H2,(H,32,36)(H,34,35). The molecule has 4 aromatic rings. The maximum Gasteiger partial charge on any atom is 0.349 e. The number of nitrogens with zero attached hydrogens (tertiary/aromatic N) is 1. The first-order valence-electron chi connectivity index (χ1n) is 12.7. The number of carbonyl (C=O) groups is 1. The van der Waals surface area contributed by atoms with Gasteiger partial charge in [0.2, 0.25) is 6.10 Å². The summed E-state index contributed by atoms with van der Waals surface area (Å²) < 4.78 is 7.47. The number of hydrogen-bond acceptors (Lipinski definition) is 3. The number of aliphatic carboxylic acids is 1. The van der Waals surface area contributed by atoms with Gasteiger partial charge in [0, 0.05) is 18.4 Å². The molecule has 1 aliphatic rings. The van der Waals surface area contributed by atoms with E-state index in [1.54, 1.807) is 10.6 Å². The maximum absolute atomic E-state index is 12.8. The molecule has 6 heteroatoms. The van der Waals surface area contributed by atoms with E-state index in [4.69, 9.17) is 4.74 Å². The third-order valence-corrected chi connectivity index (χ3v) is 6.85. The Morgan fingerprint density at radius 1 is 0.946 bits per heavy atom. The molecule has 0 amide bonds. The number of hydrogen-bond donors (Lipinski definition) is 2. The van der Waals surface area contributed by atoms with E-state index in [1.165, 1.54) is 11.6 Å². The van der Waals surface area contributed by atoms with Crippen molar-refractivity contribution in [2.45, 2.75) is 44.2 Å². The minimum Gasteiger partial charge on any atom is -0.478 e. The van der Waals surface area contributed by atoms with Gasteiger partial charge in [-0.05, 0) is 60.1 Å². The van der Waals surface area contributed by atoms with Gasteiger partial charge in [-0.15, -0.1) is 0 Å². The zero-order valence-corrected chi connectivity index (χ0v) is 20.5. The van der Waals surface area contributed by atoms with Gasteiger partial charge in [0.25, 0.3) is 0 Å². The van der Waals surface area contributed by atoms with Crippen LogP contribution in [-0.2, 0) is 24.2 Å². The molecular weight excluding hydrogens is 464 g/mol. The Morgan fingerprint density at radius 3 is 2.30 bits per heavy atom. The van der Waals surface area contributed by atoms with Crippen LogP contribution >= 0.6 is 0 Å². The summed E-state index contributed by atoms with van der Waals surface area (Å²) in [4.78, 5) is 27.7. The van der Waals surface area contributed by atoms with Gasteiger partial charge in [-0.3, -0.25) is 4.57 Å². The van der Waals surface area contributed by atoms with E-state index in [-0.39, 0.29) is 18.2 Å². The Kier molecular flexibility index (Phi) is 7.36. The number of ether oxygens (including phenoxy) is 1. The molecule has 1 aromatic heterocycles. The molecule has 1 aliphatic carbocycles. The van der Waals surface area contributed by atoms with Crippen molar-refractivity contribution >= 4 is 5.97 Å². The molecule has 0 bridgehead atoms. The summed E-state index contributed by atoms with van der Waals surface area (Å²) >= 11 is 0. The first kappa shape index (κ1) is 24.4. The fourth-order valence-electron chi connectivity index (χ4n) is 5.04. The number of carboxylic acid groups (broad SMARTS) is 1. The smallest absolute Gasteiger partial charge is 0.349 e. The summed E-state index contributed by atoms with van der Waals surface area (Å²) in [5.41, 5.74) is 5.01. The van der Waals surface area contributed by atoms with E-state index in [0.717, 1.165) is 48.1 Å². The van der Waals surface area contributed by atoms with Crippen molar-refractivity contribution in [2.75, 3.05) is 0 Å². The van der Waals surface area contributed by atoms with E-state index in [0.29, 0.717) is 5.75 Å². The third kappa shape index (κ3) is 5.59. The monoisotopic (exact) mass is 494 g/mol. The molecule has 37 heavy (non-hydrogen) atoms. The number of imidazole rings is 1. The van der Waals surface area contributed by atoms with Crippen LogP contribution in [0.25, 0.3) is 0 Å². The molecule has 188 valence electrons. The Hall–Kier alpha value is -4.32. The highest BCUT2D eigenvalue weighted by Crippen LogP contribution is 2.31. The first-order chi connectivity index (χ1) is 18.1. The number of rotatable bonds is 9. The highest BCUT2D eigenvalue weighted by atomic mass is 16.5. The SMILES string of the molecule is O=C(O)C(C=CCn1cc(C(c2ccccc2)c2ccccc2)[nH]c1=O)Oc1cccc2c1CCCC2. The summed E-state index contributed by atoms with van der Waals surface area (Å²) in [6, 6.07) is 25.9. The predicted octanol–water partition coefficient (Wildman–Crippen LogP) is 5.32. The second kappa shape index (κ2) is 11.2. The number of aromatic amines is 1. The highest BCUT2D eigenvalue weighted by Gasteiger charge is 2.21. The zero-order chi connectivity index (χ0) is 25.6. The van der Waals surface area contributed by atoms with Gasteiger partial charge in [0.15, 0.2) is 0 Å². The molecule has 1 atom stereocenters. The van der Waals surface area contributed by atoms with Crippen LogP contribution in [0.2, 0.25) is 0 Å². The van der Waals surface area contributed by atoms with E-state index >= 15 is 0 Å². The third-order valence-electron chi connectivity index (χ3n) is 6.85. The van der Waals surface area contributed by atoms with E-state index < -0.39 is 12.1 Å². The van der Waals surface area contributed by atoms with Crippen LogP contribution < -0.4 is 10.4 Å². The van der Waals surface area contributed by atoms with Crippen molar-refractivity contribution in [1.82, 2.24) is 9.55 Å². The molecular formula is C31H30N2O4. The second-order valence-corrected chi connectivity index (χ2v) is 9.33. The second-order valence-electron chi connectivity index (χ2n) is 9.33. The van der Waals surface area contributed by atoms with Crippen molar-refractivity contribution in [1.29, 1.82) is 0 Å². The summed E-state index contributed by atoms with van der Waals surface area (Å²) in [7, 11) is 0. The molecule has 0 radical (unpaired) electrons. The largest absolute Gasteiger partial charge is 0.478 e. The maximum atomic E-state index is 12.8. The molecule has 0 aliphatic heterocycles.